The highest BCUT2D eigenvalue weighted by Crippen LogP contribution is 2.28. The lowest BCUT2D eigenvalue weighted by molar-refractivity contribution is 0.191. The van der Waals surface area contributed by atoms with E-state index in [4.69, 9.17) is 9.15 Å². The van der Waals surface area contributed by atoms with Gasteiger partial charge in [0.15, 0.2) is 5.76 Å². The molecule has 0 unspecified atom stereocenters. The Balaban J connectivity index is 1.44. The molecule has 2 aromatic heterocycles. The van der Waals surface area contributed by atoms with Crippen molar-refractivity contribution in [3.8, 4) is 17.2 Å². The Morgan fingerprint density at radius 3 is 2.59 bits per heavy atom. The molecule has 1 fully saturated rings. The van der Waals surface area contributed by atoms with Crippen LogP contribution in [-0.2, 0) is 6.67 Å². The van der Waals surface area contributed by atoms with Crippen molar-refractivity contribution in [2.75, 3.05) is 38.2 Å². The fourth-order valence-corrected chi connectivity index (χ4v) is 3.32. The van der Waals surface area contributed by atoms with Crippen LogP contribution in [0.15, 0.2) is 64.0 Å². The second-order valence-electron chi connectivity index (χ2n) is 6.45. The lowest BCUT2D eigenvalue weighted by Crippen LogP contribution is -2.48. The van der Waals surface area contributed by atoms with Crippen LogP contribution in [0.25, 0.3) is 11.5 Å². The number of ether oxygens (including phenoxy) is 1. The molecular weight excluding hydrogens is 344 g/mol. The molecule has 1 saturated heterocycles. The van der Waals surface area contributed by atoms with E-state index < -0.39 is 0 Å². The Bertz CT molecular complexity index is 944. The summed E-state index contributed by atoms with van der Waals surface area (Å²) in [7, 11) is 1.69. The second kappa shape index (κ2) is 7.67. The number of nitrogens with zero attached hydrogens (tertiary/aromatic N) is 4. The van der Waals surface area contributed by atoms with Gasteiger partial charge in [-0.3, -0.25) is 9.69 Å². The molecule has 0 spiro atoms. The van der Waals surface area contributed by atoms with Gasteiger partial charge in [0.05, 0.1) is 25.7 Å². The number of hydrogen-bond acceptors (Lipinski definition) is 6. The second-order valence-corrected chi connectivity index (χ2v) is 6.45. The first-order valence-corrected chi connectivity index (χ1v) is 8.97. The van der Waals surface area contributed by atoms with Crippen molar-refractivity contribution in [2.24, 2.45) is 0 Å². The highest BCUT2D eigenvalue weighted by molar-refractivity contribution is 5.58. The number of aromatic nitrogens is 2. The zero-order valence-electron chi connectivity index (χ0n) is 15.2. The van der Waals surface area contributed by atoms with E-state index in [-0.39, 0.29) is 5.56 Å². The van der Waals surface area contributed by atoms with Crippen molar-refractivity contribution in [1.29, 1.82) is 0 Å². The van der Waals surface area contributed by atoms with Crippen molar-refractivity contribution in [3.05, 3.63) is 65.1 Å². The molecular formula is C20H22N4O3. The minimum Gasteiger partial charge on any atom is -0.495 e. The topological polar surface area (TPSA) is 63.7 Å². The number of para-hydroxylation sites is 2. The van der Waals surface area contributed by atoms with E-state index in [1.165, 1.54) is 10.7 Å². The molecule has 0 amide bonds. The monoisotopic (exact) mass is 366 g/mol. The molecule has 7 nitrogen and oxygen atoms in total. The summed E-state index contributed by atoms with van der Waals surface area (Å²) >= 11 is 0. The summed E-state index contributed by atoms with van der Waals surface area (Å²) in [6.07, 6.45) is 1.60. The van der Waals surface area contributed by atoms with Crippen molar-refractivity contribution < 1.29 is 9.15 Å². The van der Waals surface area contributed by atoms with Crippen LogP contribution in [0.2, 0.25) is 0 Å². The fraction of sp³-hybridized carbons (Fsp3) is 0.300. The Kier molecular flexibility index (Phi) is 4.93. The van der Waals surface area contributed by atoms with Gasteiger partial charge in [0.2, 0.25) is 0 Å². The van der Waals surface area contributed by atoms with Gasteiger partial charge in [-0.05, 0) is 30.3 Å². The van der Waals surface area contributed by atoms with E-state index in [0.717, 1.165) is 37.6 Å². The summed E-state index contributed by atoms with van der Waals surface area (Å²) in [5, 5.41) is 4.45. The molecule has 1 aliphatic rings. The molecule has 27 heavy (non-hydrogen) atoms. The van der Waals surface area contributed by atoms with Gasteiger partial charge < -0.3 is 14.1 Å². The molecule has 3 heterocycles. The van der Waals surface area contributed by atoms with Gasteiger partial charge in [0.1, 0.15) is 11.4 Å². The average Bonchev–Trinajstić information content (AvgIpc) is 3.25. The smallest absolute Gasteiger partial charge is 0.268 e. The maximum atomic E-state index is 12.2. The SMILES string of the molecule is COc1ccccc1N1CCN(Cn2nc(-c3ccco3)ccc2=O)CC1. The zero-order chi connectivity index (χ0) is 18.6. The van der Waals surface area contributed by atoms with Gasteiger partial charge >= 0.3 is 0 Å². The third-order valence-electron chi connectivity index (χ3n) is 4.77. The number of methoxy groups -OCH3 is 1. The van der Waals surface area contributed by atoms with E-state index in [1.54, 1.807) is 19.4 Å². The first kappa shape index (κ1) is 17.4. The Hall–Kier alpha value is -3.06. The quantitative estimate of drug-likeness (QED) is 0.690. The Morgan fingerprint density at radius 1 is 1.04 bits per heavy atom. The molecule has 4 rings (SSSR count). The predicted molar refractivity (Wildman–Crippen MR) is 103 cm³/mol. The number of rotatable bonds is 5. The maximum Gasteiger partial charge on any atom is 0.268 e. The first-order valence-electron chi connectivity index (χ1n) is 8.97. The number of anilines is 1. The molecule has 3 aromatic rings. The van der Waals surface area contributed by atoms with Gasteiger partial charge in [-0.25, -0.2) is 4.68 Å². The summed E-state index contributed by atoms with van der Waals surface area (Å²) in [4.78, 5) is 16.7. The molecule has 0 atom stereocenters. The Morgan fingerprint density at radius 2 is 1.85 bits per heavy atom. The molecule has 0 N–H and O–H groups in total. The summed E-state index contributed by atoms with van der Waals surface area (Å²) in [5.74, 6) is 1.54. The summed E-state index contributed by atoms with van der Waals surface area (Å²) in [5.41, 5.74) is 1.65. The largest absolute Gasteiger partial charge is 0.495 e. The molecule has 0 bridgehead atoms. The van der Waals surface area contributed by atoms with Crippen LogP contribution in [0.5, 0.6) is 5.75 Å². The van der Waals surface area contributed by atoms with E-state index in [0.29, 0.717) is 18.1 Å². The minimum absolute atomic E-state index is 0.113. The van der Waals surface area contributed by atoms with Crippen LogP contribution in [-0.4, -0.2) is 48.0 Å². The molecule has 0 aliphatic carbocycles. The number of piperazine rings is 1. The fourth-order valence-electron chi connectivity index (χ4n) is 3.32. The van der Waals surface area contributed by atoms with E-state index in [1.807, 2.05) is 30.3 Å². The average molecular weight is 366 g/mol. The van der Waals surface area contributed by atoms with Crippen molar-refractivity contribution in [3.63, 3.8) is 0 Å². The van der Waals surface area contributed by atoms with Crippen molar-refractivity contribution in [2.45, 2.75) is 6.67 Å². The van der Waals surface area contributed by atoms with Crippen molar-refractivity contribution >= 4 is 5.69 Å². The van der Waals surface area contributed by atoms with Crippen LogP contribution in [0, 0.1) is 0 Å². The van der Waals surface area contributed by atoms with Crippen LogP contribution in [0.1, 0.15) is 0 Å². The number of furan rings is 1. The third kappa shape index (κ3) is 3.73. The molecule has 0 saturated carbocycles. The van der Waals surface area contributed by atoms with Gasteiger partial charge in [-0.1, -0.05) is 12.1 Å². The molecule has 0 radical (unpaired) electrons. The van der Waals surface area contributed by atoms with Crippen molar-refractivity contribution in [1.82, 2.24) is 14.7 Å². The highest BCUT2D eigenvalue weighted by atomic mass is 16.5. The van der Waals surface area contributed by atoms with Crippen LogP contribution in [0.3, 0.4) is 0 Å². The van der Waals surface area contributed by atoms with Crippen LogP contribution < -0.4 is 15.2 Å². The number of benzene rings is 1. The van der Waals surface area contributed by atoms with Gasteiger partial charge in [-0.2, -0.15) is 5.10 Å². The van der Waals surface area contributed by atoms with E-state index in [2.05, 4.69) is 21.0 Å². The first-order chi connectivity index (χ1) is 13.2. The lowest BCUT2D eigenvalue weighted by Gasteiger charge is -2.36. The van der Waals surface area contributed by atoms with E-state index in [9.17, 15) is 4.79 Å². The minimum atomic E-state index is -0.113. The van der Waals surface area contributed by atoms with Gasteiger partial charge in [-0.15, -0.1) is 0 Å². The lowest BCUT2D eigenvalue weighted by atomic mass is 10.2. The van der Waals surface area contributed by atoms with Gasteiger partial charge in [0.25, 0.3) is 5.56 Å². The standard InChI is InChI=1S/C20H22N4O3/c1-26-19-6-3-2-5-17(19)23-12-10-22(11-13-23)15-24-20(25)9-8-16(21-24)18-7-4-14-27-18/h2-9,14H,10-13,15H2,1H3. The molecule has 7 heteroatoms. The maximum absolute atomic E-state index is 12.2. The number of hydrogen-bond donors (Lipinski definition) is 0. The normalized spacial score (nSPS) is 15.1. The van der Waals surface area contributed by atoms with Crippen LogP contribution >= 0.6 is 0 Å². The third-order valence-corrected chi connectivity index (χ3v) is 4.77. The van der Waals surface area contributed by atoms with Crippen LogP contribution in [0.4, 0.5) is 5.69 Å². The highest BCUT2D eigenvalue weighted by Gasteiger charge is 2.20. The zero-order valence-corrected chi connectivity index (χ0v) is 15.2. The summed E-state index contributed by atoms with van der Waals surface area (Å²) in [6, 6.07) is 14.9. The Labute approximate surface area is 157 Å². The molecule has 1 aliphatic heterocycles. The van der Waals surface area contributed by atoms with E-state index >= 15 is 0 Å². The molecule has 140 valence electrons. The molecule has 1 aromatic carbocycles. The summed E-state index contributed by atoms with van der Waals surface area (Å²) in [6.45, 7) is 3.89. The summed E-state index contributed by atoms with van der Waals surface area (Å²) < 4.78 is 12.3. The predicted octanol–water partition coefficient (Wildman–Crippen LogP) is 2.29. The van der Waals surface area contributed by atoms with Gasteiger partial charge in [0, 0.05) is 32.2 Å².